The van der Waals surface area contributed by atoms with Gasteiger partial charge in [0.1, 0.15) is 13.2 Å². The molecule has 1 atom stereocenters. The lowest BCUT2D eigenvalue weighted by atomic mass is 10.0. The first-order chi connectivity index (χ1) is 36.0. The van der Waals surface area contributed by atoms with Crippen molar-refractivity contribution in [1.82, 2.24) is 0 Å². The predicted octanol–water partition coefficient (Wildman–Crippen LogP) is 20.9. The first-order valence-electron chi connectivity index (χ1n) is 30.7. The summed E-state index contributed by atoms with van der Waals surface area (Å²) in [5, 5.41) is 0. The highest BCUT2D eigenvalue weighted by Crippen LogP contribution is 2.16. The molecule has 0 aromatic rings. The molecule has 0 heterocycles. The van der Waals surface area contributed by atoms with Crippen LogP contribution in [-0.4, -0.2) is 37.2 Å². The monoisotopic (exact) mass is 1010 g/mol. The summed E-state index contributed by atoms with van der Waals surface area (Å²) < 4.78 is 16.7. The first kappa shape index (κ1) is 69.3. The van der Waals surface area contributed by atoms with Crippen LogP contribution in [-0.2, 0) is 28.6 Å². The number of unbranched alkanes of at least 4 members (excludes halogenated alkanes) is 28. The summed E-state index contributed by atoms with van der Waals surface area (Å²) in [4.78, 5) is 37.9. The molecule has 418 valence electrons. The minimum absolute atomic E-state index is 0.0856. The second kappa shape index (κ2) is 60.9. The van der Waals surface area contributed by atoms with Gasteiger partial charge in [0.2, 0.25) is 0 Å². The number of hydrogen-bond acceptors (Lipinski definition) is 6. The van der Waals surface area contributed by atoms with Crippen molar-refractivity contribution in [1.29, 1.82) is 0 Å². The molecule has 0 saturated heterocycles. The minimum atomic E-state index is -0.787. The highest BCUT2D eigenvalue weighted by Gasteiger charge is 2.19. The number of ether oxygens (including phenoxy) is 3. The van der Waals surface area contributed by atoms with E-state index < -0.39 is 6.10 Å². The Labute approximate surface area is 451 Å². The van der Waals surface area contributed by atoms with Crippen molar-refractivity contribution < 1.29 is 28.6 Å². The molecule has 0 aliphatic carbocycles. The van der Waals surface area contributed by atoms with Crippen molar-refractivity contribution in [3.8, 4) is 0 Å². The van der Waals surface area contributed by atoms with Crippen LogP contribution in [0.1, 0.15) is 290 Å². The van der Waals surface area contributed by atoms with E-state index in [2.05, 4.69) is 118 Å². The van der Waals surface area contributed by atoms with Gasteiger partial charge in [-0.1, -0.05) is 272 Å². The molecule has 0 radical (unpaired) electrons. The SMILES string of the molecule is CC/C=C\C/C=C\C/C=C\C/C=C\C/C=C\CCCCCCCCCCCCCCCCCCCCCC(=O)OCC(COC(=O)CCCCCCCCC)OC(=O)CCCCC/C=C\C/C=C\C/C=C\CC. The largest absolute Gasteiger partial charge is 0.462 e. The van der Waals surface area contributed by atoms with Crippen molar-refractivity contribution >= 4 is 17.9 Å². The molecule has 0 rings (SSSR count). The van der Waals surface area contributed by atoms with Crippen LogP contribution in [0.2, 0.25) is 0 Å². The Balaban J connectivity index is 3.96. The maximum atomic E-state index is 12.8. The van der Waals surface area contributed by atoms with E-state index in [9.17, 15) is 14.4 Å². The zero-order valence-electron chi connectivity index (χ0n) is 47.9. The summed E-state index contributed by atoms with van der Waals surface area (Å²) in [5.74, 6) is -0.916. The average Bonchev–Trinajstić information content (AvgIpc) is 3.39. The third-order valence-electron chi connectivity index (χ3n) is 13.1. The van der Waals surface area contributed by atoms with Crippen LogP contribution in [0.25, 0.3) is 0 Å². The fourth-order valence-electron chi connectivity index (χ4n) is 8.54. The Bertz CT molecular complexity index is 1440. The second-order valence-corrected chi connectivity index (χ2v) is 20.2. The zero-order valence-corrected chi connectivity index (χ0v) is 47.9. The Morgan fingerprint density at radius 3 is 0.849 bits per heavy atom. The number of allylic oxidation sites excluding steroid dienone is 16. The Morgan fingerprint density at radius 1 is 0.288 bits per heavy atom. The van der Waals surface area contributed by atoms with Crippen LogP contribution in [0.3, 0.4) is 0 Å². The first-order valence-corrected chi connectivity index (χ1v) is 30.7. The van der Waals surface area contributed by atoms with Gasteiger partial charge in [0.15, 0.2) is 6.10 Å². The van der Waals surface area contributed by atoms with Gasteiger partial charge in [-0.15, -0.1) is 0 Å². The molecule has 1 unspecified atom stereocenters. The fourth-order valence-corrected chi connectivity index (χ4v) is 8.54. The molecule has 0 aliphatic heterocycles. The van der Waals surface area contributed by atoms with E-state index in [-0.39, 0.29) is 31.1 Å². The van der Waals surface area contributed by atoms with Crippen molar-refractivity contribution in [3.63, 3.8) is 0 Å². The van der Waals surface area contributed by atoms with Crippen molar-refractivity contribution in [2.75, 3.05) is 13.2 Å². The number of rotatable bonds is 55. The van der Waals surface area contributed by atoms with Crippen molar-refractivity contribution in [2.45, 2.75) is 297 Å². The normalized spacial score (nSPS) is 12.8. The molecule has 0 saturated carbocycles. The summed E-state index contributed by atoms with van der Waals surface area (Å²) in [6.07, 6.45) is 81.8. The maximum Gasteiger partial charge on any atom is 0.306 e. The summed E-state index contributed by atoms with van der Waals surface area (Å²) in [5.41, 5.74) is 0. The van der Waals surface area contributed by atoms with Gasteiger partial charge >= 0.3 is 17.9 Å². The van der Waals surface area contributed by atoms with Gasteiger partial charge in [-0.25, -0.2) is 0 Å². The van der Waals surface area contributed by atoms with E-state index in [0.29, 0.717) is 19.3 Å². The van der Waals surface area contributed by atoms with Crippen LogP contribution < -0.4 is 0 Å². The quantitative estimate of drug-likeness (QED) is 0.0261. The van der Waals surface area contributed by atoms with E-state index >= 15 is 0 Å². The fraction of sp³-hybridized carbons (Fsp3) is 0.716. The van der Waals surface area contributed by atoms with E-state index in [1.807, 2.05) is 0 Å². The minimum Gasteiger partial charge on any atom is -0.462 e. The standard InChI is InChI=1S/C67H114O6/c1-4-7-10-13-16-18-20-22-23-24-25-26-27-28-29-30-31-32-33-34-35-36-37-38-39-40-41-42-43-45-46-48-51-54-57-60-66(69)72-63-64(62-71-65(68)59-56-53-50-15-12-9-6-3)73-67(70)61-58-55-52-49-47-44-21-19-17-14-11-8-5-2/h7-8,10-11,16-19,22-23,25-26,28-29,44,47,64H,4-6,9,12-15,20-21,24,27,30-43,45-46,48-63H2,1-3H3/b10-7-,11-8-,18-16-,19-17-,23-22-,26-25-,29-28-,47-44-. The molecule has 0 N–H and O–H groups in total. The predicted molar refractivity (Wildman–Crippen MR) is 316 cm³/mol. The van der Waals surface area contributed by atoms with Gasteiger partial charge in [-0.05, 0) is 96.3 Å². The van der Waals surface area contributed by atoms with Gasteiger partial charge in [0.05, 0.1) is 0 Å². The maximum absolute atomic E-state index is 12.8. The van der Waals surface area contributed by atoms with E-state index in [0.717, 1.165) is 116 Å². The molecular weight excluding hydrogens is 901 g/mol. The molecule has 0 aromatic carbocycles. The van der Waals surface area contributed by atoms with Crippen molar-refractivity contribution in [2.24, 2.45) is 0 Å². The van der Waals surface area contributed by atoms with Crippen LogP contribution in [0.5, 0.6) is 0 Å². The van der Waals surface area contributed by atoms with Crippen molar-refractivity contribution in [3.05, 3.63) is 97.2 Å². The molecule has 73 heavy (non-hydrogen) atoms. The lowest BCUT2D eigenvalue weighted by molar-refractivity contribution is -0.167. The number of esters is 3. The van der Waals surface area contributed by atoms with Crippen LogP contribution in [0.15, 0.2) is 97.2 Å². The smallest absolute Gasteiger partial charge is 0.306 e. The lowest BCUT2D eigenvalue weighted by Crippen LogP contribution is -2.30. The molecule has 0 amide bonds. The van der Waals surface area contributed by atoms with Gasteiger partial charge < -0.3 is 14.2 Å². The van der Waals surface area contributed by atoms with Gasteiger partial charge in [0.25, 0.3) is 0 Å². The number of carbonyl (C=O) groups excluding carboxylic acids is 3. The summed E-state index contributed by atoms with van der Waals surface area (Å²) >= 11 is 0. The third-order valence-corrected chi connectivity index (χ3v) is 13.1. The molecule has 6 heteroatoms. The van der Waals surface area contributed by atoms with Gasteiger partial charge in [0, 0.05) is 19.3 Å². The Kier molecular flexibility index (Phi) is 57.8. The summed E-state index contributed by atoms with van der Waals surface area (Å²) in [6.45, 7) is 6.35. The number of carbonyl (C=O) groups is 3. The summed E-state index contributed by atoms with van der Waals surface area (Å²) in [7, 11) is 0. The van der Waals surface area contributed by atoms with E-state index in [4.69, 9.17) is 14.2 Å². The van der Waals surface area contributed by atoms with Crippen LogP contribution in [0, 0.1) is 0 Å². The van der Waals surface area contributed by atoms with Crippen LogP contribution >= 0.6 is 0 Å². The molecule has 6 nitrogen and oxygen atoms in total. The van der Waals surface area contributed by atoms with Crippen LogP contribution in [0.4, 0.5) is 0 Å². The Morgan fingerprint density at radius 2 is 0.534 bits per heavy atom. The van der Waals surface area contributed by atoms with E-state index in [1.54, 1.807) is 0 Å². The van der Waals surface area contributed by atoms with E-state index in [1.165, 1.54) is 135 Å². The third kappa shape index (κ3) is 59.1. The molecule has 0 aromatic heterocycles. The molecule has 0 aliphatic rings. The molecule has 0 fully saturated rings. The molecule has 0 spiro atoms. The van der Waals surface area contributed by atoms with Gasteiger partial charge in [-0.3, -0.25) is 14.4 Å². The average molecular weight is 1020 g/mol. The lowest BCUT2D eigenvalue weighted by Gasteiger charge is -2.18. The highest BCUT2D eigenvalue weighted by molar-refractivity contribution is 5.71. The molecular formula is C67H114O6. The molecule has 0 bridgehead atoms. The second-order valence-electron chi connectivity index (χ2n) is 20.2. The topological polar surface area (TPSA) is 78.9 Å². The highest BCUT2D eigenvalue weighted by atomic mass is 16.6. The summed E-state index contributed by atoms with van der Waals surface area (Å²) in [6, 6.07) is 0. The van der Waals surface area contributed by atoms with Gasteiger partial charge in [-0.2, -0.15) is 0 Å². The zero-order chi connectivity index (χ0) is 52.9. The Hall–Kier alpha value is -3.67. The number of hydrogen-bond donors (Lipinski definition) is 0.